The van der Waals surface area contributed by atoms with Crippen molar-refractivity contribution in [1.82, 2.24) is 9.78 Å². The number of halogens is 1. The standard InChI is InChI=1S/C12H14ClN3/c1-16-12(8-11(15-16)6-7-14)9-2-4-10(13)5-3-9/h2-5,8H,6-7,14H2,1H3. The molecule has 0 aliphatic rings. The molecule has 1 aromatic carbocycles. The number of aromatic nitrogens is 2. The number of hydrogen-bond donors (Lipinski definition) is 1. The van der Waals surface area contributed by atoms with Crippen molar-refractivity contribution in [2.24, 2.45) is 12.8 Å². The third-order valence-corrected chi connectivity index (χ3v) is 2.72. The van der Waals surface area contributed by atoms with E-state index in [0.717, 1.165) is 28.4 Å². The van der Waals surface area contributed by atoms with E-state index in [4.69, 9.17) is 17.3 Å². The summed E-state index contributed by atoms with van der Waals surface area (Å²) >= 11 is 5.85. The molecular formula is C12H14ClN3. The summed E-state index contributed by atoms with van der Waals surface area (Å²) in [5.41, 5.74) is 8.73. The van der Waals surface area contributed by atoms with E-state index in [1.54, 1.807) is 0 Å². The molecule has 16 heavy (non-hydrogen) atoms. The van der Waals surface area contributed by atoms with Crippen molar-refractivity contribution in [2.45, 2.75) is 6.42 Å². The zero-order chi connectivity index (χ0) is 11.5. The van der Waals surface area contributed by atoms with Gasteiger partial charge in [0, 0.05) is 18.5 Å². The second-order valence-corrected chi connectivity index (χ2v) is 4.13. The summed E-state index contributed by atoms with van der Waals surface area (Å²) in [7, 11) is 1.93. The second kappa shape index (κ2) is 4.68. The first-order valence-electron chi connectivity index (χ1n) is 5.19. The lowest BCUT2D eigenvalue weighted by Crippen LogP contribution is -2.03. The molecule has 2 aromatic rings. The van der Waals surface area contributed by atoms with E-state index >= 15 is 0 Å². The minimum absolute atomic E-state index is 0.622. The Morgan fingerprint density at radius 3 is 2.62 bits per heavy atom. The molecule has 1 aromatic heterocycles. The Labute approximate surface area is 99.8 Å². The van der Waals surface area contributed by atoms with Crippen molar-refractivity contribution in [3.63, 3.8) is 0 Å². The molecule has 0 aliphatic heterocycles. The fourth-order valence-corrected chi connectivity index (χ4v) is 1.81. The fraction of sp³-hybridized carbons (Fsp3) is 0.250. The fourth-order valence-electron chi connectivity index (χ4n) is 1.69. The third-order valence-electron chi connectivity index (χ3n) is 2.47. The molecule has 0 unspecified atom stereocenters. The minimum atomic E-state index is 0.622. The van der Waals surface area contributed by atoms with Crippen LogP contribution in [-0.4, -0.2) is 16.3 Å². The van der Waals surface area contributed by atoms with Crippen LogP contribution in [0.5, 0.6) is 0 Å². The first-order valence-corrected chi connectivity index (χ1v) is 5.57. The maximum atomic E-state index is 5.85. The maximum absolute atomic E-state index is 5.85. The molecule has 0 radical (unpaired) electrons. The van der Waals surface area contributed by atoms with Crippen molar-refractivity contribution < 1.29 is 0 Å². The van der Waals surface area contributed by atoms with E-state index in [9.17, 15) is 0 Å². The summed E-state index contributed by atoms with van der Waals surface area (Å²) in [5, 5.41) is 5.15. The van der Waals surface area contributed by atoms with E-state index in [2.05, 4.69) is 11.2 Å². The molecule has 0 fully saturated rings. The minimum Gasteiger partial charge on any atom is -0.330 e. The topological polar surface area (TPSA) is 43.8 Å². The monoisotopic (exact) mass is 235 g/mol. The Morgan fingerprint density at radius 1 is 1.31 bits per heavy atom. The van der Waals surface area contributed by atoms with Gasteiger partial charge in [-0.2, -0.15) is 5.10 Å². The number of benzene rings is 1. The van der Waals surface area contributed by atoms with Gasteiger partial charge >= 0.3 is 0 Å². The summed E-state index contributed by atoms with van der Waals surface area (Å²) < 4.78 is 1.87. The van der Waals surface area contributed by atoms with Crippen molar-refractivity contribution in [2.75, 3.05) is 6.54 Å². The molecule has 4 heteroatoms. The van der Waals surface area contributed by atoms with Gasteiger partial charge in [0.15, 0.2) is 0 Å². The molecular weight excluding hydrogens is 222 g/mol. The van der Waals surface area contributed by atoms with Crippen LogP contribution in [0.25, 0.3) is 11.3 Å². The third kappa shape index (κ3) is 2.26. The van der Waals surface area contributed by atoms with Crippen molar-refractivity contribution in [3.05, 3.63) is 41.0 Å². The number of hydrogen-bond acceptors (Lipinski definition) is 2. The lowest BCUT2D eigenvalue weighted by molar-refractivity contribution is 0.745. The van der Waals surface area contributed by atoms with Crippen LogP contribution in [0.4, 0.5) is 0 Å². The molecule has 0 atom stereocenters. The molecule has 1 heterocycles. The summed E-state index contributed by atoms with van der Waals surface area (Å²) in [6.07, 6.45) is 0.807. The van der Waals surface area contributed by atoms with Gasteiger partial charge < -0.3 is 5.73 Å². The highest BCUT2D eigenvalue weighted by atomic mass is 35.5. The predicted molar refractivity (Wildman–Crippen MR) is 66.4 cm³/mol. The van der Waals surface area contributed by atoms with Gasteiger partial charge in [0.1, 0.15) is 0 Å². The van der Waals surface area contributed by atoms with E-state index in [0.29, 0.717) is 6.54 Å². The Kier molecular flexibility index (Phi) is 3.27. The molecule has 2 N–H and O–H groups in total. The van der Waals surface area contributed by atoms with E-state index < -0.39 is 0 Å². The highest BCUT2D eigenvalue weighted by molar-refractivity contribution is 6.30. The first kappa shape index (κ1) is 11.2. The van der Waals surface area contributed by atoms with Crippen LogP contribution in [0.3, 0.4) is 0 Å². The number of rotatable bonds is 3. The lowest BCUT2D eigenvalue weighted by Gasteiger charge is -2.01. The predicted octanol–water partition coefficient (Wildman–Crippen LogP) is 2.24. The van der Waals surface area contributed by atoms with Gasteiger partial charge in [0.25, 0.3) is 0 Å². The van der Waals surface area contributed by atoms with Crippen molar-refractivity contribution in [3.8, 4) is 11.3 Å². The SMILES string of the molecule is Cn1nc(CCN)cc1-c1ccc(Cl)cc1. The van der Waals surface area contributed by atoms with Crippen LogP contribution in [-0.2, 0) is 13.5 Å². The van der Waals surface area contributed by atoms with Gasteiger partial charge in [-0.1, -0.05) is 23.7 Å². The molecule has 3 nitrogen and oxygen atoms in total. The molecule has 0 amide bonds. The number of nitrogens with zero attached hydrogens (tertiary/aromatic N) is 2. The molecule has 0 spiro atoms. The Balaban J connectivity index is 2.36. The molecule has 0 aliphatic carbocycles. The zero-order valence-corrected chi connectivity index (χ0v) is 9.91. The molecule has 0 saturated carbocycles. The Hall–Kier alpha value is -1.32. The van der Waals surface area contributed by atoms with Crippen LogP contribution >= 0.6 is 11.6 Å². The van der Waals surface area contributed by atoms with Gasteiger partial charge in [-0.05, 0) is 30.3 Å². The zero-order valence-electron chi connectivity index (χ0n) is 9.15. The van der Waals surface area contributed by atoms with E-state index in [-0.39, 0.29) is 0 Å². The van der Waals surface area contributed by atoms with Crippen LogP contribution in [0.15, 0.2) is 30.3 Å². The van der Waals surface area contributed by atoms with Crippen molar-refractivity contribution >= 4 is 11.6 Å². The summed E-state index contributed by atoms with van der Waals surface area (Å²) in [6.45, 7) is 0.622. The van der Waals surface area contributed by atoms with Gasteiger partial charge in [0.2, 0.25) is 0 Å². The first-order chi connectivity index (χ1) is 7.70. The lowest BCUT2D eigenvalue weighted by atomic mass is 10.1. The Morgan fingerprint density at radius 2 is 2.00 bits per heavy atom. The molecule has 0 saturated heterocycles. The summed E-state index contributed by atoms with van der Waals surface area (Å²) in [5.74, 6) is 0. The van der Waals surface area contributed by atoms with Gasteiger partial charge in [0.05, 0.1) is 11.4 Å². The Bertz CT molecular complexity index is 474. The largest absolute Gasteiger partial charge is 0.330 e. The molecule has 2 rings (SSSR count). The highest BCUT2D eigenvalue weighted by Crippen LogP contribution is 2.21. The normalized spacial score (nSPS) is 10.7. The van der Waals surface area contributed by atoms with Crippen LogP contribution in [0.1, 0.15) is 5.69 Å². The van der Waals surface area contributed by atoms with Crippen LogP contribution < -0.4 is 5.73 Å². The molecule has 84 valence electrons. The van der Waals surface area contributed by atoms with Gasteiger partial charge in [-0.3, -0.25) is 4.68 Å². The number of nitrogens with two attached hydrogens (primary N) is 1. The van der Waals surface area contributed by atoms with E-state index in [1.807, 2.05) is 36.0 Å². The van der Waals surface area contributed by atoms with E-state index in [1.165, 1.54) is 0 Å². The second-order valence-electron chi connectivity index (χ2n) is 3.69. The summed E-state index contributed by atoms with van der Waals surface area (Å²) in [4.78, 5) is 0. The molecule has 0 bridgehead atoms. The van der Waals surface area contributed by atoms with Crippen LogP contribution in [0, 0.1) is 0 Å². The summed E-state index contributed by atoms with van der Waals surface area (Å²) in [6, 6.07) is 9.81. The van der Waals surface area contributed by atoms with Crippen LogP contribution in [0.2, 0.25) is 5.02 Å². The smallest absolute Gasteiger partial charge is 0.0681 e. The van der Waals surface area contributed by atoms with Gasteiger partial charge in [-0.25, -0.2) is 0 Å². The average molecular weight is 236 g/mol. The number of aryl methyl sites for hydroxylation is 1. The highest BCUT2D eigenvalue weighted by Gasteiger charge is 2.06. The average Bonchev–Trinajstić information content (AvgIpc) is 2.61. The quantitative estimate of drug-likeness (QED) is 0.887. The van der Waals surface area contributed by atoms with Gasteiger partial charge in [-0.15, -0.1) is 0 Å². The van der Waals surface area contributed by atoms with Crippen molar-refractivity contribution in [1.29, 1.82) is 0 Å². The maximum Gasteiger partial charge on any atom is 0.0681 e.